The van der Waals surface area contributed by atoms with Crippen molar-refractivity contribution in [2.45, 2.75) is 37.8 Å². The van der Waals surface area contributed by atoms with Crippen LogP contribution in [0.15, 0.2) is 35.5 Å². The molecule has 2 rings (SSSR count). The molecule has 0 radical (unpaired) electrons. The van der Waals surface area contributed by atoms with Gasteiger partial charge in [0, 0.05) is 7.05 Å². The molecule has 9 nitrogen and oxygen atoms in total. The molecule has 10 heteroatoms. The van der Waals surface area contributed by atoms with Gasteiger partial charge in [0.15, 0.2) is 5.82 Å². The van der Waals surface area contributed by atoms with Crippen molar-refractivity contribution >= 4 is 16.0 Å². The lowest BCUT2D eigenvalue weighted by Gasteiger charge is -2.16. The van der Waals surface area contributed by atoms with Gasteiger partial charge in [-0.25, -0.2) is 13.4 Å². The van der Waals surface area contributed by atoms with Crippen LogP contribution in [0.2, 0.25) is 0 Å². The van der Waals surface area contributed by atoms with E-state index in [1.165, 1.54) is 30.6 Å². The van der Waals surface area contributed by atoms with Crippen molar-refractivity contribution in [3.8, 4) is 5.75 Å². The Kier molecular flexibility index (Phi) is 6.32. The molecule has 0 aliphatic rings. The van der Waals surface area contributed by atoms with Gasteiger partial charge < -0.3 is 9.84 Å². The summed E-state index contributed by atoms with van der Waals surface area (Å²) in [7, 11) is -2.21. The molecule has 1 aromatic heterocycles. The molecule has 0 saturated heterocycles. The molecular formula is C16H22N4O5S. The number of carboxylic acid groups (broad SMARTS) is 1. The van der Waals surface area contributed by atoms with Gasteiger partial charge in [0.2, 0.25) is 10.0 Å². The average molecular weight is 382 g/mol. The first-order chi connectivity index (χ1) is 12.2. The minimum Gasteiger partial charge on any atom is -0.486 e. The fraction of sp³-hybridized carbons (Fsp3) is 0.438. The summed E-state index contributed by atoms with van der Waals surface area (Å²) in [5.41, 5.74) is 0. The maximum Gasteiger partial charge on any atom is 0.321 e. The fourth-order valence-electron chi connectivity index (χ4n) is 2.24. The van der Waals surface area contributed by atoms with Crippen LogP contribution in [0.3, 0.4) is 0 Å². The lowest BCUT2D eigenvalue weighted by atomic mass is 10.1. The number of benzene rings is 1. The summed E-state index contributed by atoms with van der Waals surface area (Å²) in [6, 6.07) is 4.56. The van der Waals surface area contributed by atoms with Gasteiger partial charge in [0.1, 0.15) is 24.7 Å². The number of aromatic nitrogens is 3. The Morgan fingerprint density at radius 3 is 2.46 bits per heavy atom. The number of hydrogen-bond donors (Lipinski definition) is 2. The first-order valence-electron chi connectivity index (χ1n) is 8.00. The van der Waals surface area contributed by atoms with Gasteiger partial charge in [0.05, 0.1) is 4.90 Å². The monoisotopic (exact) mass is 382 g/mol. The van der Waals surface area contributed by atoms with Crippen LogP contribution < -0.4 is 9.46 Å². The minimum absolute atomic E-state index is 0.0292. The number of hydrogen-bond acceptors (Lipinski definition) is 6. The van der Waals surface area contributed by atoms with Gasteiger partial charge in [0.25, 0.3) is 0 Å². The number of ether oxygens (including phenoxy) is 1. The van der Waals surface area contributed by atoms with Crippen molar-refractivity contribution in [2.24, 2.45) is 13.0 Å². The number of carbonyl (C=O) groups is 1. The third-order valence-corrected chi connectivity index (χ3v) is 5.10. The van der Waals surface area contributed by atoms with Gasteiger partial charge in [-0.05, 0) is 36.6 Å². The summed E-state index contributed by atoms with van der Waals surface area (Å²) in [4.78, 5) is 15.3. The van der Waals surface area contributed by atoms with Crippen molar-refractivity contribution in [3.05, 3.63) is 36.4 Å². The number of nitrogens with zero attached hydrogens (tertiary/aromatic N) is 3. The number of nitrogens with one attached hydrogen (secondary N) is 1. The summed E-state index contributed by atoms with van der Waals surface area (Å²) >= 11 is 0. The van der Waals surface area contributed by atoms with Crippen molar-refractivity contribution in [1.29, 1.82) is 0 Å². The second kappa shape index (κ2) is 8.28. The van der Waals surface area contributed by atoms with Crippen molar-refractivity contribution in [2.75, 3.05) is 0 Å². The lowest BCUT2D eigenvalue weighted by Crippen LogP contribution is -2.41. The van der Waals surface area contributed by atoms with E-state index in [4.69, 9.17) is 4.74 Å². The van der Waals surface area contributed by atoms with E-state index >= 15 is 0 Å². The largest absolute Gasteiger partial charge is 0.486 e. The Morgan fingerprint density at radius 1 is 1.31 bits per heavy atom. The Balaban J connectivity index is 2.05. The third-order valence-electron chi connectivity index (χ3n) is 3.61. The van der Waals surface area contributed by atoms with Crippen LogP contribution in [0.25, 0.3) is 0 Å². The maximum atomic E-state index is 12.4. The van der Waals surface area contributed by atoms with Crippen molar-refractivity contribution in [3.63, 3.8) is 0 Å². The number of aliphatic carboxylic acids is 1. The summed E-state index contributed by atoms with van der Waals surface area (Å²) in [6.45, 7) is 3.84. The molecule has 0 aliphatic heterocycles. The van der Waals surface area contributed by atoms with E-state index in [0.717, 1.165) is 0 Å². The van der Waals surface area contributed by atoms with Crippen LogP contribution >= 0.6 is 0 Å². The highest BCUT2D eigenvalue weighted by molar-refractivity contribution is 7.89. The molecule has 2 N–H and O–H groups in total. The Labute approximate surface area is 152 Å². The van der Waals surface area contributed by atoms with E-state index in [0.29, 0.717) is 11.6 Å². The molecule has 2 aromatic rings. The van der Waals surface area contributed by atoms with Crippen molar-refractivity contribution in [1.82, 2.24) is 19.5 Å². The van der Waals surface area contributed by atoms with E-state index in [2.05, 4.69) is 14.8 Å². The molecule has 142 valence electrons. The maximum absolute atomic E-state index is 12.4. The molecule has 1 atom stereocenters. The van der Waals surface area contributed by atoms with E-state index in [9.17, 15) is 18.3 Å². The quantitative estimate of drug-likeness (QED) is 0.667. The Hall–Kier alpha value is -2.46. The van der Waals surface area contributed by atoms with Gasteiger partial charge >= 0.3 is 5.97 Å². The second-order valence-electron chi connectivity index (χ2n) is 6.20. The Morgan fingerprint density at radius 2 is 1.96 bits per heavy atom. The van der Waals surface area contributed by atoms with Gasteiger partial charge in [-0.1, -0.05) is 13.8 Å². The molecule has 1 heterocycles. The van der Waals surface area contributed by atoms with E-state index in [1.807, 2.05) is 13.8 Å². The predicted molar refractivity (Wildman–Crippen MR) is 93.0 cm³/mol. The van der Waals surface area contributed by atoms with Gasteiger partial charge in [-0.3, -0.25) is 9.48 Å². The molecule has 1 unspecified atom stereocenters. The molecule has 26 heavy (non-hydrogen) atoms. The normalized spacial score (nSPS) is 12.9. The zero-order chi connectivity index (χ0) is 19.3. The van der Waals surface area contributed by atoms with Crippen molar-refractivity contribution < 1.29 is 23.1 Å². The number of sulfonamides is 1. The highest BCUT2D eigenvalue weighted by Crippen LogP contribution is 2.18. The molecule has 0 amide bonds. The van der Waals surface area contributed by atoms with Crippen LogP contribution in [-0.4, -0.2) is 40.3 Å². The zero-order valence-corrected chi connectivity index (χ0v) is 15.6. The number of carboxylic acids is 1. The smallest absolute Gasteiger partial charge is 0.321 e. The SMILES string of the molecule is CC(C)CC(NS(=O)(=O)c1ccc(OCc2ncnn2C)cc1)C(=O)O. The van der Waals surface area contributed by atoms with Crippen LogP contribution in [0.4, 0.5) is 0 Å². The van der Waals surface area contributed by atoms with E-state index in [1.54, 1.807) is 11.7 Å². The van der Waals surface area contributed by atoms with Crippen LogP contribution in [0, 0.1) is 5.92 Å². The second-order valence-corrected chi connectivity index (χ2v) is 7.92. The Bertz CT molecular complexity index is 846. The minimum atomic E-state index is -3.94. The number of rotatable bonds is 9. The van der Waals surface area contributed by atoms with E-state index < -0.39 is 22.0 Å². The standard InChI is InChI=1S/C16H22N4O5S/c1-11(2)8-14(16(21)22)19-26(23,24)13-6-4-12(5-7-13)25-9-15-17-10-18-20(15)3/h4-7,10-11,14,19H,8-9H2,1-3H3,(H,21,22). The highest BCUT2D eigenvalue weighted by Gasteiger charge is 2.26. The fourth-order valence-corrected chi connectivity index (χ4v) is 3.44. The molecule has 0 bridgehead atoms. The summed E-state index contributed by atoms with van der Waals surface area (Å²) in [6.07, 6.45) is 1.61. The molecule has 0 aliphatic carbocycles. The van der Waals surface area contributed by atoms with Crippen LogP contribution in [0.1, 0.15) is 26.1 Å². The number of aryl methyl sites for hydroxylation is 1. The van der Waals surface area contributed by atoms with Crippen LogP contribution in [0.5, 0.6) is 5.75 Å². The third kappa shape index (κ3) is 5.27. The first-order valence-corrected chi connectivity index (χ1v) is 9.48. The molecule has 1 aromatic carbocycles. The molecular weight excluding hydrogens is 360 g/mol. The predicted octanol–water partition coefficient (Wildman–Crippen LogP) is 1.17. The molecule has 0 spiro atoms. The summed E-state index contributed by atoms with van der Waals surface area (Å²) in [5, 5.41) is 13.1. The summed E-state index contributed by atoms with van der Waals surface area (Å²) < 4.78 is 34.1. The van der Waals surface area contributed by atoms with Gasteiger partial charge in [-0.2, -0.15) is 9.82 Å². The summed E-state index contributed by atoms with van der Waals surface area (Å²) in [5.74, 6) is -0.0774. The van der Waals surface area contributed by atoms with Gasteiger partial charge in [-0.15, -0.1) is 0 Å². The van der Waals surface area contributed by atoms with E-state index in [-0.39, 0.29) is 23.8 Å². The lowest BCUT2D eigenvalue weighted by molar-refractivity contribution is -0.139. The van der Waals surface area contributed by atoms with Crippen LogP contribution in [-0.2, 0) is 28.5 Å². The molecule has 0 fully saturated rings. The zero-order valence-electron chi connectivity index (χ0n) is 14.8. The topological polar surface area (TPSA) is 123 Å². The average Bonchev–Trinajstić information content (AvgIpc) is 2.97. The highest BCUT2D eigenvalue weighted by atomic mass is 32.2. The molecule has 0 saturated carbocycles. The first kappa shape index (κ1) is 19.9.